The molecule has 106 valence electrons. The fraction of sp³-hybridized carbons (Fsp3) is 0.250. The summed E-state index contributed by atoms with van der Waals surface area (Å²) in [7, 11) is 1.97. The van der Waals surface area contributed by atoms with Gasteiger partial charge in [-0.15, -0.1) is 0 Å². The minimum Gasteiger partial charge on any atom is -0.309 e. The molecule has 20 heavy (non-hydrogen) atoms. The molecule has 0 saturated heterocycles. The third-order valence-corrected chi connectivity index (χ3v) is 4.90. The Balaban J connectivity index is 2.55. The summed E-state index contributed by atoms with van der Waals surface area (Å²) in [6.07, 6.45) is 0. The van der Waals surface area contributed by atoms with Crippen molar-refractivity contribution in [2.75, 3.05) is 7.05 Å². The van der Waals surface area contributed by atoms with Gasteiger partial charge in [-0.05, 0) is 67.4 Å². The van der Waals surface area contributed by atoms with Crippen molar-refractivity contribution < 1.29 is 0 Å². The maximum atomic E-state index is 6.17. The van der Waals surface area contributed by atoms with Gasteiger partial charge in [0.05, 0.1) is 6.04 Å². The molecule has 1 unspecified atom stereocenters. The van der Waals surface area contributed by atoms with E-state index in [2.05, 4.69) is 69.2 Å². The molecule has 0 heterocycles. The zero-order valence-electron chi connectivity index (χ0n) is 11.6. The van der Waals surface area contributed by atoms with Crippen molar-refractivity contribution in [3.63, 3.8) is 0 Å². The van der Waals surface area contributed by atoms with Gasteiger partial charge in [0.15, 0.2) is 0 Å². The Labute approximate surface area is 142 Å². The molecule has 0 fully saturated rings. The van der Waals surface area contributed by atoms with E-state index in [1.54, 1.807) is 0 Å². The van der Waals surface area contributed by atoms with E-state index in [9.17, 15) is 0 Å². The SMILES string of the molecule is CNC(c1cc(Cl)cc(Br)c1)c1cc(C)c(Br)cc1C. The normalized spacial score (nSPS) is 12.5. The molecule has 0 amide bonds. The average Bonchev–Trinajstić information content (AvgIpc) is 2.35. The van der Waals surface area contributed by atoms with Gasteiger partial charge in [-0.2, -0.15) is 0 Å². The summed E-state index contributed by atoms with van der Waals surface area (Å²) < 4.78 is 2.13. The largest absolute Gasteiger partial charge is 0.309 e. The van der Waals surface area contributed by atoms with Crippen LogP contribution >= 0.6 is 43.5 Å². The van der Waals surface area contributed by atoms with Gasteiger partial charge in [-0.1, -0.05) is 49.5 Å². The quantitative estimate of drug-likeness (QED) is 0.666. The number of aryl methyl sites for hydroxylation is 2. The molecule has 1 atom stereocenters. The topological polar surface area (TPSA) is 12.0 Å². The summed E-state index contributed by atoms with van der Waals surface area (Å²) in [4.78, 5) is 0. The summed E-state index contributed by atoms with van der Waals surface area (Å²) >= 11 is 13.3. The lowest BCUT2D eigenvalue weighted by molar-refractivity contribution is 0.686. The third-order valence-electron chi connectivity index (χ3n) is 3.37. The lowest BCUT2D eigenvalue weighted by Crippen LogP contribution is -2.19. The molecule has 0 aliphatic heterocycles. The molecule has 0 aliphatic carbocycles. The Morgan fingerprint density at radius 3 is 2.30 bits per heavy atom. The molecule has 4 heteroatoms. The van der Waals surface area contributed by atoms with Gasteiger partial charge in [0, 0.05) is 14.0 Å². The molecule has 0 saturated carbocycles. The van der Waals surface area contributed by atoms with E-state index in [1.165, 1.54) is 16.7 Å². The smallest absolute Gasteiger partial charge is 0.0577 e. The van der Waals surface area contributed by atoms with Crippen LogP contribution in [0.5, 0.6) is 0 Å². The first-order valence-electron chi connectivity index (χ1n) is 6.32. The Hall–Kier alpha value is -0.350. The molecule has 2 rings (SSSR count). The van der Waals surface area contributed by atoms with Crippen LogP contribution in [0.2, 0.25) is 5.02 Å². The van der Waals surface area contributed by atoms with Crippen LogP contribution in [0, 0.1) is 13.8 Å². The number of benzene rings is 2. The van der Waals surface area contributed by atoms with E-state index < -0.39 is 0 Å². The van der Waals surface area contributed by atoms with E-state index in [-0.39, 0.29) is 6.04 Å². The highest BCUT2D eigenvalue weighted by molar-refractivity contribution is 9.10. The van der Waals surface area contributed by atoms with Gasteiger partial charge in [-0.25, -0.2) is 0 Å². The summed E-state index contributed by atoms with van der Waals surface area (Å²) in [5, 5.41) is 4.12. The zero-order valence-corrected chi connectivity index (χ0v) is 15.5. The van der Waals surface area contributed by atoms with E-state index in [4.69, 9.17) is 11.6 Å². The van der Waals surface area contributed by atoms with Crippen molar-refractivity contribution in [2.24, 2.45) is 0 Å². The van der Waals surface area contributed by atoms with Gasteiger partial charge in [0.2, 0.25) is 0 Å². The fourth-order valence-electron chi connectivity index (χ4n) is 2.36. The van der Waals surface area contributed by atoms with Crippen LogP contribution in [0.15, 0.2) is 39.3 Å². The lowest BCUT2D eigenvalue weighted by Gasteiger charge is -2.21. The molecule has 0 aromatic heterocycles. The van der Waals surface area contributed by atoms with Gasteiger partial charge in [-0.3, -0.25) is 0 Å². The molecule has 0 bridgehead atoms. The van der Waals surface area contributed by atoms with E-state index in [1.807, 2.05) is 19.2 Å². The molecule has 1 N–H and O–H groups in total. The Morgan fingerprint density at radius 1 is 1.00 bits per heavy atom. The number of hydrogen-bond acceptors (Lipinski definition) is 1. The number of rotatable bonds is 3. The molecule has 2 aromatic carbocycles. The van der Waals surface area contributed by atoms with Crippen LogP contribution in [-0.2, 0) is 0 Å². The summed E-state index contributed by atoms with van der Waals surface area (Å²) in [6.45, 7) is 4.23. The van der Waals surface area contributed by atoms with Gasteiger partial charge >= 0.3 is 0 Å². The number of hydrogen-bond donors (Lipinski definition) is 1. The molecule has 0 aliphatic rings. The third kappa shape index (κ3) is 3.45. The van der Waals surface area contributed by atoms with Gasteiger partial charge < -0.3 is 5.32 Å². The van der Waals surface area contributed by atoms with Crippen molar-refractivity contribution in [3.05, 3.63) is 66.6 Å². The van der Waals surface area contributed by atoms with Crippen molar-refractivity contribution in [2.45, 2.75) is 19.9 Å². The Bertz CT molecular complexity index is 620. The summed E-state index contributed by atoms with van der Waals surface area (Å²) in [5.41, 5.74) is 4.89. The second kappa shape index (κ2) is 6.61. The summed E-state index contributed by atoms with van der Waals surface area (Å²) in [6, 6.07) is 10.5. The lowest BCUT2D eigenvalue weighted by atomic mass is 9.94. The van der Waals surface area contributed by atoms with E-state index in [0.717, 1.165) is 19.5 Å². The van der Waals surface area contributed by atoms with Crippen LogP contribution < -0.4 is 5.32 Å². The van der Waals surface area contributed by atoms with Gasteiger partial charge in [0.1, 0.15) is 0 Å². The Morgan fingerprint density at radius 2 is 1.70 bits per heavy atom. The second-order valence-electron chi connectivity index (χ2n) is 4.88. The van der Waals surface area contributed by atoms with Crippen LogP contribution in [0.25, 0.3) is 0 Å². The molecular formula is C16H16Br2ClN. The average molecular weight is 418 g/mol. The fourth-order valence-corrected chi connectivity index (χ4v) is 3.70. The molecule has 1 nitrogen and oxygen atoms in total. The highest BCUT2D eigenvalue weighted by Gasteiger charge is 2.16. The van der Waals surface area contributed by atoms with Crippen molar-refractivity contribution in [3.8, 4) is 0 Å². The highest BCUT2D eigenvalue weighted by atomic mass is 79.9. The maximum absolute atomic E-state index is 6.17. The predicted molar refractivity (Wildman–Crippen MR) is 93.7 cm³/mol. The predicted octanol–water partition coefficient (Wildman–Crippen LogP) is 5.79. The van der Waals surface area contributed by atoms with E-state index >= 15 is 0 Å². The van der Waals surface area contributed by atoms with Crippen LogP contribution in [-0.4, -0.2) is 7.05 Å². The molecule has 2 aromatic rings. The standard InChI is InChI=1S/C16H16Br2ClN/c1-9-5-15(18)10(2)4-14(9)16(20-3)11-6-12(17)8-13(19)7-11/h4-8,16,20H,1-3H3. The second-order valence-corrected chi connectivity index (χ2v) is 7.09. The Kier molecular flexibility index (Phi) is 5.30. The highest BCUT2D eigenvalue weighted by Crippen LogP contribution is 2.31. The number of nitrogens with one attached hydrogen (secondary N) is 1. The zero-order chi connectivity index (χ0) is 14.9. The van der Waals surface area contributed by atoms with Crippen LogP contribution in [0.3, 0.4) is 0 Å². The van der Waals surface area contributed by atoms with Crippen molar-refractivity contribution in [1.29, 1.82) is 0 Å². The minimum atomic E-state index is 0.122. The van der Waals surface area contributed by atoms with Gasteiger partial charge in [0.25, 0.3) is 0 Å². The first-order chi connectivity index (χ1) is 9.42. The van der Waals surface area contributed by atoms with Crippen LogP contribution in [0.1, 0.15) is 28.3 Å². The van der Waals surface area contributed by atoms with Crippen molar-refractivity contribution in [1.82, 2.24) is 5.32 Å². The minimum absolute atomic E-state index is 0.122. The molecule has 0 radical (unpaired) electrons. The first kappa shape index (κ1) is 16.0. The maximum Gasteiger partial charge on any atom is 0.0577 e. The van der Waals surface area contributed by atoms with Crippen molar-refractivity contribution >= 4 is 43.5 Å². The molecule has 0 spiro atoms. The van der Waals surface area contributed by atoms with E-state index in [0.29, 0.717) is 0 Å². The molecular weight excluding hydrogens is 401 g/mol. The van der Waals surface area contributed by atoms with Crippen LogP contribution in [0.4, 0.5) is 0 Å². The summed E-state index contributed by atoms with van der Waals surface area (Å²) in [5.74, 6) is 0. The monoisotopic (exact) mass is 415 g/mol. The first-order valence-corrected chi connectivity index (χ1v) is 8.28. The number of halogens is 3.